The van der Waals surface area contributed by atoms with Gasteiger partial charge in [-0.1, -0.05) is 13.8 Å². The van der Waals surface area contributed by atoms with Crippen molar-refractivity contribution >= 4 is 27.7 Å². The summed E-state index contributed by atoms with van der Waals surface area (Å²) in [5, 5.41) is 7.16. The van der Waals surface area contributed by atoms with Crippen molar-refractivity contribution in [1.82, 2.24) is 20.0 Å². The van der Waals surface area contributed by atoms with Crippen LogP contribution in [0.5, 0.6) is 0 Å². The van der Waals surface area contributed by atoms with Crippen LogP contribution in [0.15, 0.2) is 4.47 Å². The average Bonchev–Trinajstić information content (AvgIpc) is 3.01. The molecular weight excluding hydrogens is 412 g/mol. The molecule has 2 aliphatic rings. The normalized spacial score (nSPS) is 24.5. The molecule has 27 heavy (non-hydrogen) atoms. The number of amides is 2. The van der Waals surface area contributed by atoms with Crippen LogP contribution >= 0.6 is 15.9 Å². The Morgan fingerprint density at radius 2 is 1.74 bits per heavy atom. The van der Waals surface area contributed by atoms with Crippen LogP contribution in [0.3, 0.4) is 0 Å². The Balaban J connectivity index is 1.58. The summed E-state index contributed by atoms with van der Waals surface area (Å²) < 4.78 is 6.47. The quantitative estimate of drug-likeness (QED) is 0.783. The molecule has 2 fully saturated rings. The average molecular weight is 441 g/mol. The number of aromatic nitrogens is 2. The lowest BCUT2D eigenvalue weighted by atomic mass is 9.94. The molecule has 0 aliphatic carbocycles. The number of aromatic amines is 1. The number of rotatable bonds is 3. The molecule has 2 atom stereocenters. The van der Waals surface area contributed by atoms with Crippen molar-refractivity contribution in [1.29, 1.82) is 0 Å². The maximum Gasteiger partial charge on any atom is 0.275 e. The van der Waals surface area contributed by atoms with Crippen molar-refractivity contribution in [3.8, 4) is 0 Å². The Hall–Kier alpha value is -1.41. The molecule has 2 amide bonds. The van der Waals surface area contributed by atoms with Crippen molar-refractivity contribution < 1.29 is 14.3 Å². The second kappa shape index (κ2) is 8.31. The molecule has 150 valence electrons. The van der Waals surface area contributed by atoms with Crippen LogP contribution in [0.25, 0.3) is 0 Å². The van der Waals surface area contributed by atoms with Crippen molar-refractivity contribution in [3.05, 3.63) is 15.9 Å². The van der Waals surface area contributed by atoms with Crippen LogP contribution in [0, 0.1) is 5.92 Å². The fourth-order valence-electron chi connectivity index (χ4n) is 3.96. The summed E-state index contributed by atoms with van der Waals surface area (Å²) in [6.45, 7) is 10.6. The number of carbonyl (C=O) groups is 2. The van der Waals surface area contributed by atoms with E-state index in [0.717, 1.165) is 10.2 Å². The zero-order valence-electron chi connectivity index (χ0n) is 16.5. The lowest BCUT2D eigenvalue weighted by molar-refractivity contribution is -0.148. The van der Waals surface area contributed by atoms with Gasteiger partial charge in [-0.25, -0.2) is 0 Å². The Bertz CT molecular complexity index is 687. The number of nitrogens with one attached hydrogen (secondary N) is 1. The first-order chi connectivity index (χ1) is 12.8. The number of hydrogen-bond donors (Lipinski definition) is 1. The molecule has 0 spiro atoms. The summed E-state index contributed by atoms with van der Waals surface area (Å²) in [7, 11) is 0. The third kappa shape index (κ3) is 4.37. The summed E-state index contributed by atoms with van der Waals surface area (Å²) in [4.78, 5) is 29.4. The van der Waals surface area contributed by atoms with E-state index in [1.807, 2.05) is 18.7 Å². The van der Waals surface area contributed by atoms with Gasteiger partial charge in [-0.3, -0.25) is 14.7 Å². The minimum atomic E-state index is -0.0791. The molecule has 0 saturated carbocycles. The van der Waals surface area contributed by atoms with E-state index in [0.29, 0.717) is 44.7 Å². The first kappa shape index (κ1) is 20.3. The predicted molar refractivity (Wildman–Crippen MR) is 106 cm³/mol. The van der Waals surface area contributed by atoms with Gasteiger partial charge in [0, 0.05) is 32.1 Å². The molecule has 1 aromatic heterocycles. The first-order valence-electron chi connectivity index (χ1n) is 9.75. The second-order valence-corrected chi connectivity index (χ2v) is 8.81. The smallest absolute Gasteiger partial charge is 0.275 e. The zero-order valence-corrected chi connectivity index (χ0v) is 18.1. The Morgan fingerprint density at radius 3 is 2.26 bits per heavy atom. The van der Waals surface area contributed by atoms with Gasteiger partial charge in [0.25, 0.3) is 5.91 Å². The SMILES string of the molecule is CC1CN(C(=O)C2CCN(C(=O)c3n[nH]c(C(C)C)c3Br)CC2)CC(C)O1. The van der Waals surface area contributed by atoms with Gasteiger partial charge in [0.1, 0.15) is 0 Å². The highest BCUT2D eigenvalue weighted by Gasteiger charge is 2.34. The highest BCUT2D eigenvalue weighted by molar-refractivity contribution is 9.10. The lowest BCUT2D eigenvalue weighted by Gasteiger charge is -2.39. The number of nitrogens with zero attached hydrogens (tertiary/aromatic N) is 3. The first-order valence-corrected chi connectivity index (χ1v) is 10.5. The third-order valence-corrected chi connectivity index (χ3v) is 6.18. The highest BCUT2D eigenvalue weighted by Crippen LogP contribution is 2.28. The van der Waals surface area contributed by atoms with E-state index < -0.39 is 0 Å². The van der Waals surface area contributed by atoms with Crippen molar-refractivity contribution in [2.75, 3.05) is 26.2 Å². The molecule has 1 N–H and O–H groups in total. The molecule has 2 aliphatic heterocycles. The van der Waals surface area contributed by atoms with E-state index in [2.05, 4.69) is 40.0 Å². The molecule has 7 nitrogen and oxygen atoms in total. The molecule has 1 aromatic rings. The fraction of sp³-hybridized carbons (Fsp3) is 0.737. The monoisotopic (exact) mass is 440 g/mol. The molecule has 3 heterocycles. The summed E-state index contributed by atoms with van der Waals surface area (Å²) >= 11 is 3.50. The van der Waals surface area contributed by atoms with Gasteiger partial charge >= 0.3 is 0 Å². The fourth-order valence-corrected chi connectivity index (χ4v) is 4.77. The maximum absolute atomic E-state index is 12.9. The number of piperidine rings is 1. The van der Waals surface area contributed by atoms with Gasteiger partial charge < -0.3 is 14.5 Å². The molecule has 0 bridgehead atoms. The lowest BCUT2D eigenvalue weighted by Crippen LogP contribution is -2.51. The van der Waals surface area contributed by atoms with Crippen molar-refractivity contribution in [3.63, 3.8) is 0 Å². The number of morpholine rings is 1. The van der Waals surface area contributed by atoms with E-state index in [1.165, 1.54) is 0 Å². The van der Waals surface area contributed by atoms with Crippen LogP contribution < -0.4 is 0 Å². The largest absolute Gasteiger partial charge is 0.372 e. The standard InChI is InChI=1S/C19H29BrN4O3/c1-11(2)16-15(20)17(22-21-16)19(26)23-7-5-14(6-8-23)18(25)24-9-12(3)27-13(4)10-24/h11-14H,5-10H2,1-4H3,(H,21,22). The highest BCUT2D eigenvalue weighted by atomic mass is 79.9. The molecule has 0 aromatic carbocycles. The third-order valence-electron chi connectivity index (χ3n) is 5.38. The molecule has 8 heteroatoms. The molecular formula is C19H29BrN4O3. The van der Waals surface area contributed by atoms with Crippen molar-refractivity contribution in [2.24, 2.45) is 5.92 Å². The molecule has 2 saturated heterocycles. The van der Waals surface area contributed by atoms with Crippen molar-refractivity contribution in [2.45, 2.75) is 58.7 Å². The summed E-state index contributed by atoms with van der Waals surface area (Å²) in [5.41, 5.74) is 1.36. The van der Waals surface area contributed by atoms with E-state index >= 15 is 0 Å². The predicted octanol–water partition coefficient (Wildman–Crippen LogP) is 2.78. The minimum Gasteiger partial charge on any atom is -0.372 e. The van der Waals surface area contributed by atoms with E-state index in [1.54, 1.807) is 4.90 Å². The Kier molecular flexibility index (Phi) is 6.25. The minimum absolute atomic E-state index is 0.0135. The van der Waals surface area contributed by atoms with Gasteiger partial charge in [-0.15, -0.1) is 0 Å². The van der Waals surface area contributed by atoms with Crippen LogP contribution in [-0.4, -0.2) is 70.2 Å². The van der Waals surface area contributed by atoms with Crippen LogP contribution in [0.4, 0.5) is 0 Å². The number of halogens is 1. The number of carbonyl (C=O) groups excluding carboxylic acids is 2. The summed E-state index contributed by atoms with van der Waals surface area (Å²) in [6.07, 6.45) is 1.55. The maximum atomic E-state index is 12.9. The zero-order chi connectivity index (χ0) is 19.7. The van der Waals surface area contributed by atoms with E-state index in [9.17, 15) is 9.59 Å². The second-order valence-electron chi connectivity index (χ2n) is 8.02. The van der Waals surface area contributed by atoms with Gasteiger partial charge in [0.05, 0.1) is 22.4 Å². The number of hydrogen-bond acceptors (Lipinski definition) is 4. The molecule has 0 radical (unpaired) electrons. The van der Waals surface area contributed by atoms with Gasteiger partial charge in [0.2, 0.25) is 5.91 Å². The molecule has 2 unspecified atom stereocenters. The molecule has 3 rings (SSSR count). The number of H-pyrrole nitrogens is 1. The van der Waals surface area contributed by atoms with Gasteiger partial charge in [-0.05, 0) is 48.5 Å². The number of ether oxygens (including phenoxy) is 1. The van der Waals surface area contributed by atoms with Crippen LogP contribution in [-0.2, 0) is 9.53 Å². The summed E-state index contributed by atoms with van der Waals surface area (Å²) in [5.74, 6) is 0.368. The van der Waals surface area contributed by atoms with Gasteiger partial charge in [-0.2, -0.15) is 5.10 Å². The topological polar surface area (TPSA) is 78.5 Å². The van der Waals surface area contributed by atoms with E-state index in [-0.39, 0.29) is 35.9 Å². The van der Waals surface area contributed by atoms with Crippen LogP contribution in [0.1, 0.15) is 62.6 Å². The van der Waals surface area contributed by atoms with Gasteiger partial charge in [0.15, 0.2) is 5.69 Å². The van der Waals surface area contributed by atoms with E-state index in [4.69, 9.17) is 4.74 Å². The Labute approximate surface area is 168 Å². The Morgan fingerprint density at radius 1 is 1.15 bits per heavy atom. The van der Waals surface area contributed by atoms with Crippen LogP contribution in [0.2, 0.25) is 0 Å². The number of likely N-dealkylation sites (tertiary alicyclic amines) is 1. The summed E-state index contributed by atoms with van der Waals surface area (Å²) in [6, 6.07) is 0.